The molecule has 2 aromatic carbocycles. The number of hydrogen-bond acceptors (Lipinski definition) is 2. The SMILES string of the molecule is S=c1[nH]ccn1CC(OCc1ccc(Cl)cc1)c1ccc(Cl)cc1Cl. The van der Waals surface area contributed by atoms with Crippen LogP contribution in [0.15, 0.2) is 54.9 Å². The molecular weight excluding hydrogens is 399 g/mol. The highest BCUT2D eigenvalue weighted by Gasteiger charge is 2.17. The minimum atomic E-state index is -0.275. The number of nitrogens with zero attached hydrogens (tertiary/aromatic N) is 1. The molecular formula is C18H15Cl3N2OS. The molecule has 3 rings (SSSR count). The summed E-state index contributed by atoms with van der Waals surface area (Å²) in [5, 5.41) is 1.85. The maximum Gasteiger partial charge on any atom is 0.177 e. The van der Waals surface area contributed by atoms with E-state index in [4.69, 9.17) is 51.8 Å². The molecule has 0 spiro atoms. The molecule has 0 saturated carbocycles. The van der Waals surface area contributed by atoms with Gasteiger partial charge < -0.3 is 14.3 Å². The number of benzene rings is 2. The van der Waals surface area contributed by atoms with Crippen molar-refractivity contribution in [3.8, 4) is 0 Å². The Kier molecular flexibility index (Phi) is 6.20. The van der Waals surface area contributed by atoms with Crippen LogP contribution in [-0.2, 0) is 17.9 Å². The van der Waals surface area contributed by atoms with Crippen LogP contribution in [0.5, 0.6) is 0 Å². The molecule has 0 saturated heterocycles. The first-order valence-corrected chi connectivity index (χ1v) is 9.12. The van der Waals surface area contributed by atoms with Crippen molar-refractivity contribution in [2.45, 2.75) is 19.3 Å². The van der Waals surface area contributed by atoms with Crippen LogP contribution in [0.25, 0.3) is 0 Å². The standard InChI is InChI=1S/C18H15Cl3N2OS/c19-13-3-1-12(2-4-13)11-24-17(10-23-8-7-22-18(23)25)15-6-5-14(20)9-16(15)21/h1-9,17H,10-11H2,(H,22,25). The van der Waals surface area contributed by atoms with E-state index in [0.717, 1.165) is 11.1 Å². The smallest absolute Gasteiger partial charge is 0.177 e. The summed E-state index contributed by atoms with van der Waals surface area (Å²) >= 11 is 23.6. The second-order valence-corrected chi connectivity index (χ2v) is 7.18. The predicted octanol–water partition coefficient (Wildman–Crippen LogP) is 6.46. The average Bonchev–Trinajstić information content (AvgIpc) is 2.98. The Bertz CT molecular complexity index is 905. The molecule has 1 atom stereocenters. The van der Waals surface area contributed by atoms with E-state index in [1.807, 2.05) is 41.1 Å². The van der Waals surface area contributed by atoms with Crippen molar-refractivity contribution in [1.29, 1.82) is 0 Å². The van der Waals surface area contributed by atoms with Crippen molar-refractivity contribution in [3.05, 3.63) is 85.8 Å². The van der Waals surface area contributed by atoms with E-state index in [1.54, 1.807) is 18.3 Å². The Morgan fingerprint density at radius 3 is 2.40 bits per heavy atom. The third kappa shape index (κ3) is 4.87. The van der Waals surface area contributed by atoms with E-state index in [9.17, 15) is 0 Å². The topological polar surface area (TPSA) is 29.9 Å². The van der Waals surface area contributed by atoms with Gasteiger partial charge >= 0.3 is 0 Å². The monoisotopic (exact) mass is 412 g/mol. The molecule has 0 amide bonds. The summed E-state index contributed by atoms with van der Waals surface area (Å²) in [5.41, 5.74) is 1.89. The second kappa shape index (κ2) is 8.39. The number of halogens is 3. The molecule has 7 heteroatoms. The van der Waals surface area contributed by atoms with Crippen LogP contribution >= 0.6 is 47.0 Å². The fourth-order valence-electron chi connectivity index (χ4n) is 2.45. The van der Waals surface area contributed by atoms with Crippen molar-refractivity contribution in [1.82, 2.24) is 9.55 Å². The lowest BCUT2D eigenvalue weighted by molar-refractivity contribution is 0.0278. The summed E-state index contributed by atoms with van der Waals surface area (Å²) in [5.74, 6) is 0. The Morgan fingerprint density at radius 2 is 1.76 bits per heavy atom. The molecule has 0 fully saturated rings. The molecule has 0 aliphatic rings. The number of ether oxygens (including phenoxy) is 1. The van der Waals surface area contributed by atoms with Gasteiger partial charge in [0.2, 0.25) is 0 Å². The first-order valence-electron chi connectivity index (χ1n) is 7.58. The summed E-state index contributed by atoms with van der Waals surface area (Å²) in [4.78, 5) is 2.98. The summed E-state index contributed by atoms with van der Waals surface area (Å²) in [6.45, 7) is 0.968. The zero-order valence-electron chi connectivity index (χ0n) is 13.1. The molecule has 0 radical (unpaired) electrons. The van der Waals surface area contributed by atoms with Crippen molar-refractivity contribution in [2.24, 2.45) is 0 Å². The van der Waals surface area contributed by atoms with E-state index in [1.165, 1.54) is 0 Å². The fraction of sp³-hybridized carbons (Fsp3) is 0.167. The number of nitrogens with one attached hydrogen (secondary N) is 1. The Hall–Kier alpha value is -1.30. The number of hydrogen-bond donors (Lipinski definition) is 1. The lowest BCUT2D eigenvalue weighted by Gasteiger charge is -2.20. The molecule has 3 nitrogen and oxygen atoms in total. The van der Waals surface area contributed by atoms with Crippen LogP contribution < -0.4 is 0 Å². The predicted molar refractivity (Wildman–Crippen MR) is 105 cm³/mol. The third-order valence-electron chi connectivity index (χ3n) is 3.76. The van der Waals surface area contributed by atoms with Gasteiger partial charge in [-0.25, -0.2) is 0 Å². The van der Waals surface area contributed by atoms with Gasteiger partial charge in [-0.05, 0) is 42.0 Å². The van der Waals surface area contributed by atoms with Crippen molar-refractivity contribution >= 4 is 47.0 Å². The molecule has 0 aliphatic carbocycles. The van der Waals surface area contributed by atoms with Crippen LogP contribution in [0, 0.1) is 4.77 Å². The zero-order valence-corrected chi connectivity index (χ0v) is 16.2. The van der Waals surface area contributed by atoms with E-state index >= 15 is 0 Å². The molecule has 1 N–H and O–H groups in total. The Morgan fingerprint density at radius 1 is 1.04 bits per heavy atom. The minimum Gasteiger partial charge on any atom is -0.367 e. The normalized spacial score (nSPS) is 12.3. The molecule has 1 aromatic heterocycles. The van der Waals surface area contributed by atoms with E-state index < -0.39 is 0 Å². The molecule has 130 valence electrons. The van der Waals surface area contributed by atoms with Gasteiger partial charge in [-0.3, -0.25) is 0 Å². The van der Waals surface area contributed by atoms with Crippen LogP contribution in [0.4, 0.5) is 0 Å². The lowest BCUT2D eigenvalue weighted by Crippen LogP contribution is -2.13. The quantitative estimate of drug-likeness (QED) is 0.470. The van der Waals surface area contributed by atoms with Crippen molar-refractivity contribution < 1.29 is 4.74 Å². The highest BCUT2D eigenvalue weighted by atomic mass is 35.5. The van der Waals surface area contributed by atoms with E-state index in [2.05, 4.69) is 4.98 Å². The van der Waals surface area contributed by atoms with Crippen LogP contribution in [-0.4, -0.2) is 9.55 Å². The third-order valence-corrected chi connectivity index (χ3v) is 4.93. The first kappa shape index (κ1) is 18.5. The van der Waals surface area contributed by atoms with Crippen molar-refractivity contribution in [3.63, 3.8) is 0 Å². The van der Waals surface area contributed by atoms with Gasteiger partial charge in [-0.1, -0.05) is 53.0 Å². The van der Waals surface area contributed by atoms with Gasteiger partial charge in [-0.2, -0.15) is 0 Å². The van der Waals surface area contributed by atoms with Gasteiger partial charge in [-0.15, -0.1) is 0 Å². The Labute approximate surface area is 166 Å². The maximum absolute atomic E-state index is 6.38. The molecule has 0 bridgehead atoms. The molecule has 25 heavy (non-hydrogen) atoms. The van der Waals surface area contributed by atoms with Crippen LogP contribution in [0.1, 0.15) is 17.2 Å². The Balaban J connectivity index is 1.84. The van der Waals surface area contributed by atoms with Crippen molar-refractivity contribution in [2.75, 3.05) is 0 Å². The summed E-state index contributed by atoms with van der Waals surface area (Å²) < 4.78 is 8.69. The molecule has 3 aromatic rings. The zero-order chi connectivity index (χ0) is 17.8. The molecule has 1 heterocycles. The van der Waals surface area contributed by atoms with Crippen LogP contribution in [0.3, 0.4) is 0 Å². The first-order chi connectivity index (χ1) is 12.0. The highest BCUT2D eigenvalue weighted by Crippen LogP contribution is 2.30. The number of aromatic nitrogens is 2. The largest absolute Gasteiger partial charge is 0.367 e. The summed E-state index contributed by atoms with van der Waals surface area (Å²) in [6, 6.07) is 13.0. The highest BCUT2D eigenvalue weighted by molar-refractivity contribution is 7.71. The van der Waals surface area contributed by atoms with Crippen LogP contribution in [0.2, 0.25) is 15.1 Å². The van der Waals surface area contributed by atoms with Gasteiger partial charge in [0.05, 0.1) is 13.2 Å². The summed E-state index contributed by atoms with van der Waals surface area (Å²) in [6.07, 6.45) is 3.40. The lowest BCUT2D eigenvalue weighted by atomic mass is 10.1. The van der Waals surface area contributed by atoms with E-state index in [-0.39, 0.29) is 6.10 Å². The summed E-state index contributed by atoms with van der Waals surface area (Å²) in [7, 11) is 0. The van der Waals surface area contributed by atoms with Gasteiger partial charge in [0, 0.05) is 33.0 Å². The molecule has 0 aliphatic heterocycles. The second-order valence-electron chi connectivity index (χ2n) is 5.51. The number of rotatable bonds is 6. The number of aromatic amines is 1. The number of imidazole rings is 1. The van der Waals surface area contributed by atoms with Gasteiger partial charge in [0.15, 0.2) is 4.77 Å². The van der Waals surface area contributed by atoms with E-state index in [0.29, 0.717) is 33.0 Å². The number of H-pyrrole nitrogens is 1. The molecule has 1 unspecified atom stereocenters. The van der Waals surface area contributed by atoms with Gasteiger partial charge in [0.25, 0.3) is 0 Å². The average molecular weight is 414 g/mol. The minimum absolute atomic E-state index is 0.275. The van der Waals surface area contributed by atoms with Gasteiger partial charge in [0.1, 0.15) is 6.10 Å². The fourth-order valence-corrected chi connectivity index (χ4v) is 3.31. The maximum atomic E-state index is 6.38.